The number of hydrogen-bond donors (Lipinski definition) is 2. The van der Waals surface area contributed by atoms with Crippen molar-refractivity contribution in [1.82, 2.24) is 5.32 Å². The Morgan fingerprint density at radius 1 is 1.35 bits per heavy atom. The summed E-state index contributed by atoms with van der Waals surface area (Å²) in [7, 11) is 0. The van der Waals surface area contributed by atoms with Gasteiger partial charge in [-0.3, -0.25) is 4.79 Å². The molecule has 2 fully saturated rings. The third-order valence-electron chi connectivity index (χ3n) is 3.51. The predicted octanol–water partition coefficient (Wildman–Crippen LogP) is 0.604. The average molecular weight is 232 g/mol. The minimum absolute atomic E-state index is 0.0937. The molecule has 0 bridgehead atoms. The van der Waals surface area contributed by atoms with Gasteiger partial charge in [0.15, 0.2) is 0 Å². The van der Waals surface area contributed by atoms with Crippen molar-refractivity contribution < 1.29 is 9.90 Å². The molecular weight excluding hydrogens is 216 g/mol. The first-order chi connectivity index (χ1) is 8.19. The highest BCUT2D eigenvalue weighted by Gasteiger charge is 2.42. The Morgan fingerprint density at radius 2 is 2.18 bits per heavy atom. The van der Waals surface area contributed by atoms with Gasteiger partial charge < -0.3 is 15.3 Å². The van der Waals surface area contributed by atoms with Gasteiger partial charge in [0.05, 0.1) is 12.1 Å². The van der Waals surface area contributed by atoms with Gasteiger partial charge >= 0.3 is 0 Å². The maximum Gasteiger partial charge on any atom is 0.240 e. The summed E-state index contributed by atoms with van der Waals surface area (Å²) in [5, 5.41) is 13.1. The van der Waals surface area contributed by atoms with E-state index >= 15 is 0 Å². The molecule has 3 rings (SSSR count). The quantitative estimate of drug-likeness (QED) is 0.785. The monoisotopic (exact) mass is 232 g/mol. The maximum absolute atomic E-state index is 11.8. The van der Waals surface area contributed by atoms with Crippen LogP contribution in [0.3, 0.4) is 0 Å². The minimum Gasteiger partial charge on any atom is -0.385 e. The van der Waals surface area contributed by atoms with E-state index in [1.165, 1.54) is 0 Å². The van der Waals surface area contributed by atoms with Crippen LogP contribution >= 0.6 is 0 Å². The molecule has 1 amide bonds. The number of carbonyl (C=O) groups excluding carboxylic acids is 1. The first kappa shape index (κ1) is 10.7. The number of carbonyl (C=O) groups is 1. The van der Waals surface area contributed by atoms with Gasteiger partial charge in [0.2, 0.25) is 5.91 Å². The molecule has 1 aliphatic carbocycles. The number of aliphatic hydroxyl groups is 1. The molecule has 2 N–H and O–H groups in total. The van der Waals surface area contributed by atoms with E-state index in [0.29, 0.717) is 13.1 Å². The van der Waals surface area contributed by atoms with Crippen LogP contribution in [0.25, 0.3) is 0 Å². The minimum atomic E-state index is -0.632. The highest BCUT2D eigenvalue weighted by molar-refractivity contribution is 5.95. The van der Waals surface area contributed by atoms with Crippen LogP contribution in [0.5, 0.6) is 0 Å². The number of amides is 1. The fraction of sp³-hybridized carbons (Fsp3) is 0.462. The Labute approximate surface area is 100 Å². The summed E-state index contributed by atoms with van der Waals surface area (Å²) in [6.45, 7) is 1.91. The van der Waals surface area contributed by atoms with Crippen molar-refractivity contribution in [2.24, 2.45) is 0 Å². The summed E-state index contributed by atoms with van der Waals surface area (Å²) in [5.41, 5.74) is 1.20. The second-order valence-corrected chi connectivity index (χ2v) is 4.80. The summed E-state index contributed by atoms with van der Waals surface area (Å²) in [4.78, 5) is 13.6. The fourth-order valence-electron chi connectivity index (χ4n) is 2.25. The van der Waals surface area contributed by atoms with Gasteiger partial charge in [0, 0.05) is 18.8 Å². The van der Waals surface area contributed by atoms with Gasteiger partial charge in [-0.15, -0.1) is 0 Å². The summed E-state index contributed by atoms with van der Waals surface area (Å²) in [6.07, 6.45) is 1.65. The molecule has 1 aromatic rings. The Morgan fingerprint density at radius 3 is 2.88 bits per heavy atom. The zero-order valence-electron chi connectivity index (χ0n) is 9.65. The second-order valence-electron chi connectivity index (χ2n) is 4.80. The van der Waals surface area contributed by atoms with Crippen LogP contribution in [-0.2, 0) is 10.4 Å². The summed E-state index contributed by atoms with van der Waals surface area (Å²) < 4.78 is 0. The van der Waals surface area contributed by atoms with Gasteiger partial charge in [0.25, 0.3) is 0 Å². The molecule has 0 unspecified atom stereocenters. The molecule has 0 aromatic heterocycles. The smallest absolute Gasteiger partial charge is 0.240 e. The number of rotatable bonds is 2. The summed E-state index contributed by atoms with van der Waals surface area (Å²) in [6, 6.07) is 7.72. The van der Waals surface area contributed by atoms with Crippen molar-refractivity contribution >= 4 is 11.6 Å². The highest BCUT2D eigenvalue weighted by atomic mass is 16.3. The van der Waals surface area contributed by atoms with Crippen LogP contribution < -0.4 is 10.2 Å². The Balaban J connectivity index is 1.89. The van der Waals surface area contributed by atoms with E-state index in [1.54, 1.807) is 4.90 Å². The Bertz CT molecular complexity index is 454. The lowest BCUT2D eigenvalue weighted by molar-refractivity contribution is -0.118. The van der Waals surface area contributed by atoms with Crippen molar-refractivity contribution in [3.63, 3.8) is 0 Å². The van der Waals surface area contributed by atoms with Crippen molar-refractivity contribution in [3.8, 4) is 0 Å². The van der Waals surface area contributed by atoms with Gasteiger partial charge in [0.1, 0.15) is 0 Å². The number of nitrogens with zero attached hydrogens (tertiary/aromatic N) is 1. The summed E-state index contributed by atoms with van der Waals surface area (Å²) >= 11 is 0. The van der Waals surface area contributed by atoms with Crippen molar-refractivity contribution in [2.75, 3.05) is 24.5 Å². The molecular formula is C13H16N2O2. The third-order valence-corrected chi connectivity index (χ3v) is 3.51. The Hall–Kier alpha value is -1.39. The number of hydrogen-bond acceptors (Lipinski definition) is 3. The average Bonchev–Trinajstić information content (AvgIpc) is 3.10. The van der Waals surface area contributed by atoms with Crippen LogP contribution in [0.15, 0.2) is 24.3 Å². The van der Waals surface area contributed by atoms with E-state index in [1.807, 2.05) is 24.3 Å². The molecule has 4 nitrogen and oxygen atoms in total. The fourth-order valence-corrected chi connectivity index (χ4v) is 2.25. The molecule has 1 aliphatic heterocycles. The predicted molar refractivity (Wildman–Crippen MR) is 64.8 cm³/mol. The molecule has 0 spiro atoms. The zero-order chi connectivity index (χ0) is 11.9. The van der Waals surface area contributed by atoms with Crippen LogP contribution in [-0.4, -0.2) is 30.6 Å². The van der Waals surface area contributed by atoms with Crippen molar-refractivity contribution in [3.05, 3.63) is 29.8 Å². The van der Waals surface area contributed by atoms with E-state index in [9.17, 15) is 9.90 Å². The SMILES string of the molecule is O=C1CNCCN1c1cccc(C2(O)CC2)c1. The second kappa shape index (κ2) is 3.82. The molecule has 90 valence electrons. The van der Waals surface area contributed by atoms with Crippen molar-refractivity contribution in [2.45, 2.75) is 18.4 Å². The lowest BCUT2D eigenvalue weighted by Gasteiger charge is -2.28. The van der Waals surface area contributed by atoms with E-state index in [0.717, 1.165) is 30.6 Å². The molecule has 1 saturated heterocycles. The topological polar surface area (TPSA) is 52.6 Å². The molecule has 0 radical (unpaired) electrons. The molecule has 1 saturated carbocycles. The molecule has 2 aliphatic rings. The number of piperazine rings is 1. The van der Waals surface area contributed by atoms with Crippen LogP contribution in [0.4, 0.5) is 5.69 Å². The van der Waals surface area contributed by atoms with E-state index < -0.39 is 5.60 Å². The van der Waals surface area contributed by atoms with Gasteiger partial charge in [-0.1, -0.05) is 12.1 Å². The van der Waals surface area contributed by atoms with Crippen LogP contribution in [0, 0.1) is 0 Å². The standard InChI is InChI=1S/C13H16N2O2/c16-12-9-14-6-7-15(12)11-3-1-2-10(8-11)13(17)4-5-13/h1-3,8,14,17H,4-7,9H2. The zero-order valence-corrected chi connectivity index (χ0v) is 9.65. The highest BCUT2D eigenvalue weighted by Crippen LogP contribution is 2.45. The summed E-state index contributed by atoms with van der Waals surface area (Å²) in [5.74, 6) is 0.0937. The molecule has 1 aromatic carbocycles. The normalized spacial score (nSPS) is 22.6. The van der Waals surface area contributed by atoms with Gasteiger partial charge in [-0.2, -0.15) is 0 Å². The molecule has 17 heavy (non-hydrogen) atoms. The molecule has 0 atom stereocenters. The van der Waals surface area contributed by atoms with Crippen LogP contribution in [0.1, 0.15) is 18.4 Å². The Kier molecular flexibility index (Phi) is 2.42. The molecule has 1 heterocycles. The lowest BCUT2D eigenvalue weighted by Crippen LogP contribution is -2.48. The van der Waals surface area contributed by atoms with E-state index in [4.69, 9.17) is 0 Å². The largest absolute Gasteiger partial charge is 0.385 e. The third kappa shape index (κ3) is 1.94. The van der Waals surface area contributed by atoms with Gasteiger partial charge in [-0.05, 0) is 30.5 Å². The van der Waals surface area contributed by atoms with Gasteiger partial charge in [-0.25, -0.2) is 0 Å². The number of benzene rings is 1. The molecule has 4 heteroatoms. The maximum atomic E-state index is 11.8. The van der Waals surface area contributed by atoms with E-state index in [-0.39, 0.29) is 5.91 Å². The first-order valence-electron chi connectivity index (χ1n) is 6.03. The van der Waals surface area contributed by atoms with E-state index in [2.05, 4.69) is 5.32 Å². The number of nitrogens with one attached hydrogen (secondary N) is 1. The lowest BCUT2D eigenvalue weighted by atomic mass is 10.1. The number of anilines is 1. The van der Waals surface area contributed by atoms with Crippen LogP contribution in [0.2, 0.25) is 0 Å². The van der Waals surface area contributed by atoms with Crippen molar-refractivity contribution in [1.29, 1.82) is 0 Å². The first-order valence-corrected chi connectivity index (χ1v) is 6.03.